The van der Waals surface area contributed by atoms with Gasteiger partial charge < -0.3 is 15.1 Å². The zero-order valence-electron chi connectivity index (χ0n) is 13.7. The first-order chi connectivity index (χ1) is 13.2. The molecule has 2 amide bonds. The summed E-state index contributed by atoms with van der Waals surface area (Å²) in [6.07, 6.45) is 3.10. The summed E-state index contributed by atoms with van der Waals surface area (Å²) in [4.78, 5) is 32.5. The molecular weight excluding hydrogens is 404 g/mol. The van der Waals surface area contributed by atoms with Crippen LogP contribution in [0.5, 0.6) is 0 Å². The van der Waals surface area contributed by atoms with Crippen LogP contribution in [0.2, 0.25) is 0 Å². The number of benzene rings is 1. The Morgan fingerprint density at radius 3 is 2.93 bits per heavy atom. The number of aromatic nitrogens is 2. The van der Waals surface area contributed by atoms with Crippen molar-refractivity contribution in [3.8, 4) is 0 Å². The standard InChI is InChI=1S/C17H12N4O3S3/c22-14(21-16-18-5-7-25-16)9-26-17-20-11-4-3-10(8-13(11)27-17)19-15(23)12-2-1-6-24-12/h1-8H,9H2,(H,19,23)(H,18,21,22). The second kappa shape index (κ2) is 7.91. The SMILES string of the molecule is O=C(CSc1nc2ccc(NC(=O)c3ccco3)cc2s1)Nc1nccs1. The Hall–Kier alpha value is -2.69. The molecule has 136 valence electrons. The van der Waals surface area contributed by atoms with Gasteiger partial charge in [0.05, 0.1) is 22.2 Å². The molecule has 3 heterocycles. The van der Waals surface area contributed by atoms with Crippen molar-refractivity contribution in [3.05, 3.63) is 53.9 Å². The molecular formula is C17H12N4O3S3. The van der Waals surface area contributed by atoms with Crippen LogP contribution in [0.3, 0.4) is 0 Å². The van der Waals surface area contributed by atoms with Crippen molar-refractivity contribution < 1.29 is 14.0 Å². The summed E-state index contributed by atoms with van der Waals surface area (Å²) >= 11 is 4.21. The van der Waals surface area contributed by atoms with E-state index in [0.29, 0.717) is 10.8 Å². The number of thiazole rings is 2. The van der Waals surface area contributed by atoms with Crippen LogP contribution in [0.4, 0.5) is 10.8 Å². The number of carbonyl (C=O) groups excluding carboxylic acids is 2. The number of furan rings is 1. The second-order valence-corrected chi connectivity index (χ2v) is 8.42. The molecule has 3 aromatic heterocycles. The molecule has 0 atom stereocenters. The lowest BCUT2D eigenvalue weighted by molar-refractivity contribution is -0.113. The average Bonchev–Trinajstić information content (AvgIpc) is 3.40. The maximum Gasteiger partial charge on any atom is 0.291 e. The number of amides is 2. The number of thioether (sulfide) groups is 1. The summed E-state index contributed by atoms with van der Waals surface area (Å²) in [6.45, 7) is 0. The van der Waals surface area contributed by atoms with Crippen LogP contribution < -0.4 is 10.6 Å². The van der Waals surface area contributed by atoms with Gasteiger partial charge in [-0.1, -0.05) is 11.8 Å². The van der Waals surface area contributed by atoms with Gasteiger partial charge in [0.15, 0.2) is 15.2 Å². The molecule has 0 saturated heterocycles. The summed E-state index contributed by atoms with van der Waals surface area (Å²) in [5.41, 5.74) is 1.48. The Kier molecular flexibility index (Phi) is 5.19. The van der Waals surface area contributed by atoms with Crippen molar-refractivity contribution in [2.75, 3.05) is 16.4 Å². The van der Waals surface area contributed by atoms with Crippen molar-refractivity contribution in [2.24, 2.45) is 0 Å². The minimum Gasteiger partial charge on any atom is -0.459 e. The van der Waals surface area contributed by atoms with Crippen LogP contribution >= 0.6 is 34.4 Å². The molecule has 4 aromatic rings. The largest absolute Gasteiger partial charge is 0.459 e. The maximum absolute atomic E-state index is 12.1. The van der Waals surface area contributed by atoms with Crippen molar-refractivity contribution >= 4 is 67.3 Å². The average molecular weight is 417 g/mol. The minimum absolute atomic E-state index is 0.124. The number of fused-ring (bicyclic) bond motifs is 1. The van der Waals surface area contributed by atoms with Crippen LogP contribution in [-0.4, -0.2) is 27.5 Å². The van der Waals surface area contributed by atoms with Gasteiger partial charge in [-0.25, -0.2) is 9.97 Å². The first-order valence-corrected chi connectivity index (χ1v) is 10.4. The number of hydrogen-bond acceptors (Lipinski definition) is 8. The van der Waals surface area contributed by atoms with Crippen molar-refractivity contribution in [3.63, 3.8) is 0 Å². The van der Waals surface area contributed by atoms with E-state index in [9.17, 15) is 9.59 Å². The van der Waals surface area contributed by atoms with Crippen molar-refractivity contribution in [1.82, 2.24) is 9.97 Å². The molecule has 0 bridgehead atoms. The van der Waals surface area contributed by atoms with Crippen molar-refractivity contribution in [2.45, 2.75) is 4.34 Å². The lowest BCUT2D eigenvalue weighted by atomic mass is 10.3. The minimum atomic E-state index is -0.308. The molecule has 0 saturated carbocycles. The molecule has 0 radical (unpaired) electrons. The molecule has 2 N–H and O–H groups in total. The third kappa shape index (κ3) is 4.35. The first kappa shape index (κ1) is 17.7. The molecule has 0 fully saturated rings. The quantitative estimate of drug-likeness (QED) is 0.454. The first-order valence-electron chi connectivity index (χ1n) is 7.75. The molecule has 0 aliphatic carbocycles. The summed E-state index contributed by atoms with van der Waals surface area (Å²) in [6, 6.07) is 8.74. The number of nitrogens with zero attached hydrogens (tertiary/aromatic N) is 2. The molecule has 0 aliphatic rings. The Balaban J connectivity index is 1.40. The van der Waals surface area contributed by atoms with Crippen LogP contribution in [0.25, 0.3) is 10.2 Å². The Morgan fingerprint density at radius 2 is 2.15 bits per heavy atom. The number of anilines is 2. The number of carbonyl (C=O) groups is 2. The van der Waals surface area contributed by atoms with Crippen LogP contribution in [0.1, 0.15) is 10.6 Å². The fraction of sp³-hybridized carbons (Fsp3) is 0.0588. The highest BCUT2D eigenvalue weighted by atomic mass is 32.2. The molecule has 0 unspecified atom stereocenters. The molecule has 0 spiro atoms. The lowest BCUT2D eigenvalue weighted by Gasteiger charge is -2.02. The molecule has 10 heteroatoms. The third-order valence-corrected chi connectivity index (χ3v) is 6.23. The maximum atomic E-state index is 12.1. The van der Waals surface area contributed by atoms with E-state index < -0.39 is 0 Å². The van der Waals surface area contributed by atoms with Crippen molar-refractivity contribution in [1.29, 1.82) is 0 Å². The van der Waals surface area contributed by atoms with E-state index >= 15 is 0 Å². The van der Waals surface area contributed by atoms with E-state index in [-0.39, 0.29) is 23.3 Å². The van der Waals surface area contributed by atoms with E-state index in [0.717, 1.165) is 14.6 Å². The summed E-state index contributed by atoms with van der Waals surface area (Å²) in [5.74, 6) is 0.0708. The molecule has 1 aromatic carbocycles. The highest BCUT2D eigenvalue weighted by Gasteiger charge is 2.12. The zero-order valence-corrected chi connectivity index (χ0v) is 16.1. The second-order valence-electron chi connectivity index (χ2n) is 5.27. The van der Waals surface area contributed by atoms with Gasteiger partial charge in [0.2, 0.25) is 5.91 Å². The van der Waals surface area contributed by atoms with Gasteiger partial charge in [-0.3, -0.25) is 9.59 Å². The van der Waals surface area contributed by atoms with Gasteiger partial charge in [0.25, 0.3) is 5.91 Å². The monoisotopic (exact) mass is 416 g/mol. The summed E-state index contributed by atoms with van der Waals surface area (Å²) < 4.78 is 6.80. The summed E-state index contributed by atoms with van der Waals surface area (Å²) in [7, 11) is 0. The van der Waals surface area contributed by atoms with Gasteiger partial charge in [0, 0.05) is 17.3 Å². The normalized spacial score (nSPS) is 10.8. The Morgan fingerprint density at radius 1 is 1.22 bits per heavy atom. The van der Waals surface area contributed by atoms with E-state index in [4.69, 9.17) is 4.42 Å². The fourth-order valence-corrected chi connectivity index (χ4v) is 4.66. The molecule has 7 nitrogen and oxygen atoms in total. The van der Waals surface area contributed by atoms with E-state index in [1.54, 1.807) is 29.8 Å². The Bertz CT molecular complexity index is 1070. The molecule has 0 aliphatic heterocycles. The van der Waals surface area contributed by atoms with Gasteiger partial charge in [-0.15, -0.1) is 22.7 Å². The van der Waals surface area contributed by atoms with Crippen LogP contribution in [-0.2, 0) is 4.79 Å². The molecule has 27 heavy (non-hydrogen) atoms. The number of hydrogen-bond donors (Lipinski definition) is 2. The lowest BCUT2D eigenvalue weighted by Crippen LogP contribution is -2.13. The Labute approximate surface area is 165 Å². The van der Waals surface area contributed by atoms with E-state index in [1.807, 2.05) is 12.1 Å². The highest BCUT2D eigenvalue weighted by molar-refractivity contribution is 8.01. The molecule has 4 rings (SSSR count). The summed E-state index contributed by atoms with van der Waals surface area (Å²) in [5, 5.41) is 7.92. The topological polar surface area (TPSA) is 97.1 Å². The van der Waals surface area contributed by atoms with Gasteiger partial charge in [0.1, 0.15) is 0 Å². The smallest absolute Gasteiger partial charge is 0.291 e. The van der Waals surface area contributed by atoms with Gasteiger partial charge >= 0.3 is 0 Å². The van der Waals surface area contributed by atoms with E-state index in [2.05, 4.69) is 20.6 Å². The van der Waals surface area contributed by atoms with Crippen LogP contribution in [0, 0.1) is 0 Å². The number of rotatable bonds is 6. The predicted molar refractivity (Wildman–Crippen MR) is 108 cm³/mol. The highest BCUT2D eigenvalue weighted by Crippen LogP contribution is 2.31. The fourth-order valence-electron chi connectivity index (χ4n) is 2.21. The predicted octanol–water partition coefficient (Wildman–Crippen LogP) is 4.33. The number of nitrogens with one attached hydrogen (secondary N) is 2. The third-order valence-electron chi connectivity index (χ3n) is 3.38. The van der Waals surface area contributed by atoms with Gasteiger partial charge in [-0.2, -0.15) is 0 Å². The van der Waals surface area contributed by atoms with Crippen LogP contribution in [0.15, 0.2) is 56.9 Å². The van der Waals surface area contributed by atoms with E-state index in [1.165, 1.54) is 40.7 Å². The van der Waals surface area contributed by atoms with Gasteiger partial charge in [-0.05, 0) is 30.3 Å². The zero-order chi connectivity index (χ0) is 18.6.